The number of aryl methyl sites for hydroxylation is 1. The Bertz CT molecular complexity index is 786. The fourth-order valence-corrected chi connectivity index (χ4v) is 5.69. The SMILES string of the molecule is COc1ccc(C)cc1S(=O)(=O)N1CCC2(CC1)C[C@H](NC(C)=O)CN2. The predicted molar refractivity (Wildman–Crippen MR) is 98.7 cm³/mol. The molecule has 0 radical (unpaired) electrons. The maximum absolute atomic E-state index is 13.1. The van der Waals surface area contributed by atoms with Gasteiger partial charge in [0.1, 0.15) is 10.6 Å². The minimum Gasteiger partial charge on any atom is -0.495 e. The summed E-state index contributed by atoms with van der Waals surface area (Å²) in [4.78, 5) is 11.5. The van der Waals surface area contributed by atoms with Crippen LogP contribution in [0, 0.1) is 6.92 Å². The van der Waals surface area contributed by atoms with Crippen molar-refractivity contribution in [2.24, 2.45) is 0 Å². The normalized spacial score (nSPS) is 23.1. The number of nitrogens with one attached hydrogen (secondary N) is 2. The van der Waals surface area contributed by atoms with Crippen LogP contribution in [0.4, 0.5) is 0 Å². The van der Waals surface area contributed by atoms with Gasteiger partial charge in [-0.1, -0.05) is 6.07 Å². The van der Waals surface area contributed by atoms with E-state index in [1.807, 2.05) is 13.0 Å². The molecule has 0 unspecified atom stereocenters. The molecule has 7 nitrogen and oxygen atoms in total. The van der Waals surface area contributed by atoms with Crippen LogP contribution in [-0.2, 0) is 14.8 Å². The zero-order chi connectivity index (χ0) is 18.9. The maximum atomic E-state index is 13.1. The number of hydrogen-bond acceptors (Lipinski definition) is 5. The van der Waals surface area contributed by atoms with Crippen molar-refractivity contribution in [3.63, 3.8) is 0 Å². The lowest BCUT2D eigenvalue weighted by molar-refractivity contribution is -0.119. The number of hydrogen-bond donors (Lipinski definition) is 2. The molecule has 2 aliphatic heterocycles. The number of piperidine rings is 1. The van der Waals surface area contributed by atoms with Crippen molar-refractivity contribution in [1.82, 2.24) is 14.9 Å². The Balaban J connectivity index is 1.72. The van der Waals surface area contributed by atoms with E-state index in [1.165, 1.54) is 14.0 Å². The smallest absolute Gasteiger partial charge is 0.246 e. The summed E-state index contributed by atoms with van der Waals surface area (Å²) in [5.74, 6) is 0.348. The van der Waals surface area contributed by atoms with Crippen LogP contribution in [0.5, 0.6) is 5.75 Å². The quantitative estimate of drug-likeness (QED) is 0.813. The summed E-state index contributed by atoms with van der Waals surface area (Å²) in [6, 6.07) is 5.32. The third-order valence-corrected chi connectivity index (χ3v) is 7.30. The van der Waals surface area contributed by atoms with E-state index >= 15 is 0 Å². The number of carbonyl (C=O) groups excluding carboxylic acids is 1. The molecular weight excluding hydrogens is 354 g/mol. The third kappa shape index (κ3) is 3.72. The molecule has 1 aromatic rings. The van der Waals surface area contributed by atoms with Crippen LogP contribution in [0.15, 0.2) is 23.1 Å². The predicted octanol–water partition coefficient (Wildman–Crippen LogP) is 1.02. The largest absolute Gasteiger partial charge is 0.495 e. The van der Waals surface area contributed by atoms with Crippen LogP contribution in [0.25, 0.3) is 0 Å². The van der Waals surface area contributed by atoms with Crippen LogP contribution >= 0.6 is 0 Å². The Labute approximate surface area is 155 Å². The molecule has 2 heterocycles. The van der Waals surface area contributed by atoms with Crippen molar-refractivity contribution < 1.29 is 17.9 Å². The van der Waals surface area contributed by atoms with Crippen molar-refractivity contribution in [1.29, 1.82) is 0 Å². The Kier molecular flexibility index (Phi) is 5.28. The molecule has 0 bridgehead atoms. The summed E-state index contributed by atoms with van der Waals surface area (Å²) >= 11 is 0. The molecule has 2 saturated heterocycles. The monoisotopic (exact) mass is 381 g/mol. The van der Waals surface area contributed by atoms with E-state index in [0.717, 1.165) is 31.4 Å². The number of nitrogens with zero attached hydrogens (tertiary/aromatic N) is 1. The van der Waals surface area contributed by atoms with Gasteiger partial charge in [0, 0.05) is 38.1 Å². The van der Waals surface area contributed by atoms with Crippen LogP contribution < -0.4 is 15.4 Å². The minimum atomic E-state index is -3.60. The number of amides is 1. The number of carbonyl (C=O) groups is 1. The summed E-state index contributed by atoms with van der Waals surface area (Å²) < 4.78 is 33.0. The molecule has 0 aliphatic carbocycles. The van der Waals surface area contributed by atoms with E-state index in [2.05, 4.69) is 10.6 Å². The summed E-state index contributed by atoms with van der Waals surface area (Å²) in [6.45, 7) is 5.04. The van der Waals surface area contributed by atoms with E-state index < -0.39 is 10.0 Å². The lowest BCUT2D eigenvalue weighted by Gasteiger charge is -2.39. The standard InChI is InChI=1S/C18H27N3O4S/c1-13-4-5-16(25-3)17(10-13)26(23,24)21-8-6-18(7-9-21)11-15(12-19-18)20-14(2)22/h4-5,10,15,19H,6-9,11-12H2,1-3H3,(H,20,22)/t15-/m0/s1. The summed E-state index contributed by atoms with van der Waals surface area (Å²) in [5, 5.41) is 6.46. The first-order chi connectivity index (χ1) is 12.3. The van der Waals surface area contributed by atoms with Gasteiger partial charge in [-0.2, -0.15) is 4.31 Å². The fourth-order valence-electron chi connectivity index (χ4n) is 4.01. The average Bonchev–Trinajstić information content (AvgIpc) is 2.96. The third-order valence-electron chi connectivity index (χ3n) is 5.38. The number of methoxy groups -OCH3 is 1. The topological polar surface area (TPSA) is 87.7 Å². The van der Waals surface area contributed by atoms with Gasteiger partial charge >= 0.3 is 0 Å². The van der Waals surface area contributed by atoms with E-state index in [0.29, 0.717) is 18.8 Å². The number of rotatable bonds is 4. The van der Waals surface area contributed by atoms with Crippen molar-refractivity contribution in [3.8, 4) is 5.75 Å². The highest BCUT2D eigenvalue weighted by Gasteiger charge is 2.43. The number of ether oxygens (including phenoxy) is 1. The lowest BCUT2D eigenvalue weighted by Crippen LogP contribution is -2.51. The van der Waals surface area contributed by atoms with E-state index in [4.69, 9.17) is 4.74 Å². The summed E-state index contributed by atoms with van der Waals surface area (Å²) in [6.07, 6.45) is 2.31. The van der Waals surface area contributed by atoms with Crippen LogP contribution in [0.2, 0.25) is 0 Å². The van der Waals surface area contributed by atoms with E-state index in [1.54, 1.807) is 16.4 Å². The number of benzene rings is 1. The minimum absolute atomic E-state index is 0.0274. The molecule has 1 amide bonds. The Morgan fingerprint density at radius 2 is 2.04 bits per heavy atom. The van der Waals surface area contributed by atoms with Gasteiger partial charge in [0.05, 0.1) is 7.11 Å². The number of sulfonamides is 1. The van der Waals surface area contributed by atoms with Crippen LogP contribution in [0.3, 0.4) is 0 Å². The van der Waals surface area contributed by atoms with E-state index in [-0.39, 0.29) is 22.4 Å². The Morgan fingerprint density at radius 3 is 2.65 bits per heavy atom. The van der Waals surface area contributed by atoms with Crippen molar-refractivity contribution in [2.75, 3.05) is 26.7 Å². The molecule has 1 atom stereocenters. The zero-order valence-electron chi connectivity index (χ0n) is 15.5. The van der Waals surface area contributed by atoms with Gasteiger partial charge in [-0.05, 0) is 43.9 Å². The molecule has 3 rings (SSSR count). The van der Waals surface area contributed by atoms with Crippen molar-refractivity contribution in [3.05, 3.63) is 23.8 Å². The van der Waals surface area contributed by atoms with Gasteiger partial charge in [0.25, 0.3) is 0 Å². The molecule has 26 heavy (non-hydrogen) atoms. The van der Waals surface area contributed by atoms with Crippen molar-refractivity contribution in [2.45, 2.75) is 49.6 Å². The molecule has 1 spiro atoms. The molecule has 8 heteroatoms. The van der Waals surface area contributed by atoms with Gasteiger partial charge in [0.15, 0.2) is 0 Å². The van der Waals surface area contributed by atoms with Crippen LogP contribution in [0.1, 0.15) is 31.7 Å². The second kappa shape index (κ2) is 7.17. The zero-order valence-corrected chi connectivity index (χ0v) is 16.4. The van der Waals surface area contributed by atoms with Crippen LogP contribution in [-0.4, -0.2) is 57.0 Å². The lowest BCUT2D eigenvalue weighted by atomic mass is 9.86. The summed E-state index contributed by atoms with van der Waals surface area (Å²) in [7, 11) is -2.11. The van der Waals surface area contributed by atoms with E-state index in [9.17, 15) is 13.2 Å². The first-order valence-corrected chi connectivity index (χ1v) is 10.4. The molecule has 0 aromatic heterocycles. The molecule has 2 aliphatic rings. The van der Waals surface area contributed by atoms with Gasteiger partial charge in [-0.15, -0.1) is 0 Å². The maximum Gasteiger partial charge on any atom is 0.246 e. The molecule has 2 N–H and O–H groups in total. The Morgan fingerprint density at radius 1 is 1.35 bits per heavy atom. The van der Waals surface area contributed by atoms with Crippen molar-refractivity contribution >= 4 is 15.9 Å². The molecule has 1 aromatic carbocycles. The molecular formula is C18H27N3O4S. The molecule has 0 saturated carbocycles. The highest BCUT2D eigenvalue weighted by Crippen LogP contribution is 2.35. The fraction of sp³-hybridized carbons (Fsp3) is 0.611. The highest BCUT2D eigenvalue weighted by atomic mass is 32.2. The summed E-state index contributed by atoms with van der Waals surface area (Å²) in [5.41, 5.74) is 0.795. The molecule has 2 fully saturated rings. The van der Waals surface area contributed by atoms with Gasteiger partial charge < -0.3 is 15.4 Å². The van der Waals surface area contributed by atoms with Gasteiger partial charge in [-0.3, -0.25) is 4.79 Å². The van der Waals surface area contributed by atoms with Gasteiger partial charge in [0.2, 0.25) is 15.9 Å². The second-order valence-electron chi connectivity index (χ2n) is 7.32. The first-order valence-electron chi connectivity index (χ1n) is 8.93. The highest BCUT2D eigenvalue weighted by molar-refractivity contribution is 7.89. The first kappa shape index (κ1) is 19.1. The average molecular weight is 381 g/mol. The molecule has 144 valence electrons. The Hall–Kier alpha value is -1.64. The second-order valence-corrected chi connectivity index (χ2v) is 9.23. The van der Waals surface area contributed by atoms with Gasteiger partial charge in [-0.25, -0.2) is 8.42 Å².